The van der Waals surface area contributed by atoms with E-state index in [4.69, 9.17) is 4.98 Å². The Morgan fingerprint density at radius 2 is 1.29 bits per heavy atom. The van der Waals surface area contributed by atoms with Crippen LogP contribution in [0.25, 0.3) is 42.9 Å². The molecule has 3 aromatic carbocycles. The highest BCUT2D eigenvalue weighted by atomic mass is 32.1. The summed E-state index contributed by atoms with van der Waals surface area (Å²) in [6, 6.07) is 31.9. The van der Waals surface area contributed by atoms with Crippen molar-refractivity contribution in [3.63, 3.8) is 0 Å². The Labute approximate surface area is 169 Å². The lowest BCUT2D eigenvalue weighted by Gasteiger charge is -2.06. The molecule has 28 heavy (non-hydrogen) atoms. The fourth-order valence-corrected chi connectivity index (χ4v) is 4.85. The van der Waals surface area contributed by atoms with Crippen LogP contribution in [0, 0.1) is 6.92 Å². The number of aryl methyl sites for hydroxylation is 1. The van der Waals surface area contributed by atoms with Gasteiger partial charge in [0.05, 0.1) is 5.69 Å². The molecule has 134 valence electrons. The van der Waals surface area contributed by atoms with Gasteiger partial charge in [0.2, 0.25) is 0 Å². The average molecular weight is 378 g/mol. The van der Waals surface area contributed by atoms with Crippen molar-refractivity contribution < 1.29 is 0 Å². The number of fused-ring (bicyclic) bond motifs is 1. The Bertz CT molecular complexity index is 1250. The lowest BCUT2D eigenvalue weighted by Crippen LogP contribution is -1.85. The molecule has 0 atom stereocenters. The average Bonchev–Trinajstić information content (AvgIpc) is 3.11. The summed E-state index contributed by atoms with van der Waals surface area (Å²) in [7, 11) is 0. The zero-order chi connectivity index (χ0) is 18.9. The maximum atomic E-state index is 4.79. The van der Waals surface area contributed by atoms with Gasteiger partial charge in [0.15, 0.2) is 0 Å². The lowest BCUT2D eigenvalue weighted by molar-refractivity contribution is 1.35. The molecule has 0 saturated heterocycles. The predicted octanol–water partition coefficient (Wildman–Crippen LogP) is 7.61. The van der Waals surface area contributed by atoms with E-state index in [-0.39, 0.29) is 0 Å². The standard InChI is InChI=1S/C26H19NS/c1-18-23-17-27-24(16-25(23)28-26(18)20-11-6-3-7-12-20)22-14-8-13-21(15-22)19-9-4-2-5-10-19/h2-17H,1H3. The van der Waals surface area contributed by atoms with Crippen LogP contribution in [0.2, 0.25) is 0 Å². The van der Waals surface area contributed by atoms with Gasteiger partial charge < -0.3 is 0 Å². The van der Waals surface area contributed by atoms with Crippen LogP contribution in [0.1, 0.15) is 5.56 Å². The first kappa shape index (κ1) is 16.9. The molecule has 0 aliphatic carbocycles. The summed E-state index contributed by atoms with van der Waals surface area (Å²) < 4.78 is 1.28. The summed E-state index contributed by atoms with van der Waals surface area (Å²) in [6.07, 6.45) is 2.03. The molecule has 0 aliphatic heterocycles. The van der Waals surface area contributed by atoms with Crippen LogP contribution < -0.4 is 0 Å². The van der Waals surface area contributed by atoms with Gasteiger partial charge in [0.25, 0.3) is 0 Å². The zero-order valence-electron chi connectivity index (χ0n) is 15.6. The van der Waals surface area contributed by atoms with E-state index in [2.05, 4.69) is 91.9 Å². The van der Waals surface area contributed by atoms with Crippen molar-refractivity contribution in [2.45, 2.75) is 6.92 Å². The van der Waals surface area contributed by atoms with Gasteiger partial charge in [0.1, 0.15) is 0 Å². The monoisotopic (exact) mass is 377 g/mol. The van der Waals surface area contributed by atoms with E-state index < -0.39 is 0 Å². The van der Waals surface area contributed by atoms with E-state index >= 15 is 0 Å². The van der Waals surface area contributed by atoms with Crippen LogP contribution in [0.5, 0.6) is 0 Å². The largest absolute Gasteiger partial charge is 0.256 e. The van der Waals surface area contributed by atoms with E-state index in [9.17, 15) is 0 Å². The number of rotatable bonds is 3. The number of nitrogens with zero attached hydrogens (tertiary/aromatic N) is 1. The van der Waals surface area contributed by atoms with Gasteiger partial charge >= 0.3 is 0 Å². The Morgan fingerprint density at radius 1 is 0.643 bits per heavy atom. The highest BCUT2D eigenvalue weighted by molar-refractivity contribution is 7.22. The van der Waals surface area contributed by atoms with Gasteiger partial charge in [-0.05, 0) is 41.3 Å². The van der Waals surface area contributed by atoms with Gasteiger partial charge in [-0.15, -0.1) is 11.3 Å². The van der Waals surface area contributed by atoms with Crippen LogP contribution in [0.15, 0.2) is 97.2 Å². The highest BCUT2D eigenvalue weighted by Crippen LogP contribution is 2.39. The molecule has 0 amide bonds. The minimum atomic E-state index is 1.02. The molecule has 2 aromatic heterocycles. The summed E-state index contributed by atoms with van der Waals surface area (Å²) in [6.45, 7) is 2.19. The maximum Gasteiger partial charge on any atom is 0.0716 e. The van der Waals surface area contributed by atoms with E-state index in [1.165, 1.54) is 37.2 Å². The van der Waals surface area contributed by atoms with Crippen LogP contribution in [0.3, 0.4) is 0 Å². The molecule has 2 heteroatoms. The Balaban J connectivity index is 1.59. The molecule has 5 rings (SSSR count). The second-order valence-corrected chi connectivity index (χ2v) is 7.99. The molecular weight excluding hydrogens is 358 g/mol. The molecule has 2 heterocycles. The first-order valence-electron chi connectivity index (χ1n) is 9.40. The molecule has 1 nitrogen and oxygen atoms in total. The van der Waals surface area contributed by atoms with Crippen molar-refractivity contribution in [3.05, 3.63) is 103 Å². The number of pyridine rings is 1. The molecule has 0 bridgehead atoms. The Kier molecular flexibility index (Phi) is 4.27. The minimum absolute atomic E-state index is 1.02. The third-order valence-corrected chi connectivity index (χ3v) is 6.43. The van der Waals surface area contributed by atoms with Crippen LogP contribution in [0.4, 0.5) is 0 Å². The molecular formula is C26H19NS. The van der Waals surface area contributed by atoms with Crippen molar-refractivity contribution in [2.75, 3.05) is 0 Å². The SMILES string of the molecule is Cc1c(-c2ccccc2)sc2cc(-c3cccc(-c4ccccc4)c3)ncc12. The molecule has 0 spiro atoms. The van der Waals surface area contributed by atoms with Gasteiger partial charge in [-0.1, -0.05) is 78.9 Å². The van der Waals surface area contributed by atoms with E-state index in [1.54, 1.807) is 0 Å². The van der Waals surface area contributed by atoms with Gasteiger partial charge in [-0.2, -0.15) is 0 Å². The van der Waals surface area contributed by atoms with Gasteiger partial charge in [0, 0.05) is 26.7 Å². The van der Waals surface area contributed by atoms with Gasteiger partial charge in [-0.3, -0.25) is 4.98 Å². The maximum absolute atomic E-state index is 4.79. The molecule has 5 aromatic rings. The smallest absolute Gasteiger partial charge is 0.0716 e. The summed E-state index contributed by atoms with van der Waals surface area (Å²) in [5.41, 5.74) is 7.19. The summed E-state index contributed by atoms with van der Waals surface area (Å²) in [5, 5.41) is 1.24. The molecule has 0 radical (unpaired) electrons. The Morgan fingerprint density at radius 3 is 2.04 bits per heavy atom. The molecule has 0 N–H and O–H groups in total. The number of aromatic nitrogens is 1. The number of benzene rings is 3. The molecule has 0 aliphatic rings. The normalized spacial score (nSPS) is 11.0. The Hall–Kier alpha value is -3.23. The van der Waals surface area contributed by atoms with E-state index in [0.29, 0.717) is 0 Å². The van der Waals surface area contributed by atoms with Crippen molar-refractivity contribution in [3.8, 4) is 32.8 Å². The number of hydrogen-bond donors (Lipinski definition) is 0. The molecule has 0 saturated carbocycles. The first-order valence-corrected chi connectivity index (χ1v) is 10.2. The van der Waals surface area contributed by atoms with Gasteiger partial charge in [-0.25, -0.2) is 0 Å². The molecule has 0 unspecified atom stereocenters. The van der Waals surface area contributed by atoms with Crippen molar-refractivity contribution >= 4 is 21.4 Å². The topological polar surface area (TPSA) is 12.9 Å². The summed E-state index contributed by atoms with van der Waals surface area (Å²) in [4.78, 5) is 6.11. The highest BCUT2D eigenvalue weighted by Gasteiger charge is 2.12. The van der Waals surface area contributed by atoms with Crippen molar-refractivity contribution in [1.82, 2.24) is 4.98 Å². The van der Waals surface area contributed by atoms with E-state index in [1.807, 2.05) is 23.6 Å². The van der Waals surface area contributed by atoms with Crippen molar-refractivity contribution in [1.29, 1.82) is 0 Å². The van der Waals surface area contributed by atoms with Crippen molar-refractivity contribution in [2.24, 2.45) is 0 Å². The number of thiophene rings is 1. The van der Waals surface area contributed by atoms with Crippen LogP contribution >= 0.6 is 11.3 Å². The summed E-state index contributed by atoms with van der Waals surface area (Å²) in [5.74, 6) is 0. The van der Waals surface area contributed by atoms with Crippen LogP contribution in [-0.2, 0) is 0 Å². The van der Waals surface area contributed by atoms with Crippen LogP contribution in [-0.4, -0.2) is 4.98 Å². The zero-order valence-corrected chi connectivity index (χ0v) is 16.4. The quantitative estimate of drug-likeness (QED) is 0.315. The van der Waals surface area contributed by atoms with E-state index in [0.717, 1.165) is 11.3 Å². The third-order valence-electron chi connectivity index (χ3n) is 5.12. The fraction of sp³-hybridized carbons (Fsp3) is 0.0385. The second kappa shape index (κ2) is 7.06. The third kappa shape index (κ3) is 3.02. The molecule has 0 fully saturated rings. The lowest BCUT2D eigenvalue weighted by atomic mass is 10.0. The first-order chi connectivity index (χ1) is 13.8. The second-order valence-electron chi connectivity index (χ2n) is 6.93. The number of hydrogen-bond acceptors (Lipinski definition) is 2. The summed E-state index contributed by atoms with van der Waals surface area (Å²) >= 11 is 1.85. The predicted molar refractivity (Wildman–Crippen MR) is 121 cm³/mol. The fourth-order valence-electron chi connectivity index (χ4n) is 3.62. The minimum Gasteiger partial charge on any atom is -0.256 e.